The highest BCUT2D eigenvalue weighted by Crippen LogP contribution is 2.20. The summed E-state index contributed by atoms with van der Waals surface area (Å²) in [6.07, 6.45) is -0.276. The standard InChI is InChI=1S/C12H16F2N2O3S/c1-15-7-11-8-16(2-3-19-11)20(17,18)12-5-9(13)4-10(14)6-12/h4-6,11,15H,2-3,7-8H2,1H3. The van der Waals surface area contributed by atoms with Crippen LogP contribution in [0.2, 0.25) is 0 Å². The molecule has 0 aliphatic carbocycles. The zero-order chi connectivity index (χ0) is 14.8. The van der Waals surface area contributed by atoms with Gasteiger partial charge in [0, 0.05) is 25.7 Å². The van der Waals surface area contributed by atoms with E-state index in [1.165, 1.54) is 4.31 Å². The van der Waals surface area contributed by atoms with Crippen LogP contribution < -0.4 is 5.32 Å². The number of nitrogens with one attached hydrogen (secondary N) is 1. The number of hydrogen-bond donors (Lipinski definition) is 1. The van der Waals surface area contributed by atoms with Crippen LogP contribution in [0.5, 0.6) is 0 Å². The first-order valence-corrected chi connectivity index (χ1v) is 7.60. The van der Waals surface area contributed by atoms with E-state index in [9.17, 15) is 17.2 Å². The second-order valence-electron chi connectivity index (χ2n) is 4.52. The summed E-state index contributed by atoms with van der Waals surface area (Å²) in [7, 11) is -2.18. The summed E-state index contributed by atoms with van der Waals surface area (Å²) in [6.45, 7) is 1.08. The van der Waals surface area contributed by atoms with Crippen molar-refractivity contribution in [1.29, 1.82) is 0 Å². The highest BCUT2D eigenvalue weighted by atomic mass is 32.2. The second kappa shape index (κ2) is 6.13. The Bertz CT molecular complexity index is 558. The minimum Gasteiger partial charge on any atom is -0.374 e. The highest BCUT2D eigenvalue weighted by molar-refractivity contribution is 7.89. The topological polar surface area (TPSA) is 58.6 Å². The van der Waals surface area contributed by atoms with Gasteiger partial charge in [-0.15, -0.1) is 0 Å². The normalized spacial score (nSPS) is 21.1. The quantitative estimate of drug-likeness (QED) is 0.884. The van der Waals surface area contributed by atoms with E-state index in [4.69, 9.17) is 4.74 Å². The largest absolute Gasteiger partial charge is 0.374 e. The second-order valence-corrected chi connectivity index (χ2v) is 6.46. The van der Waals surface area contributed by atoms with Gasteiger partial charge in [-0.3, -0.25) is 0 Å². The Morgan fingerprint density at radius 3 is 2.60 bits per heavy atom. The number of likely N-dealkylation sites (N-methyl/N-ethyl adjacent to an activating group) is 1. The van der Waals surface area contributed by atoms with Crippen molar-refractivity contribution < 1.29 is 21.9 Å². The Morgan fingerprint density at radius 1 is 1.35 bits per heavy atom. The smallest absolute Gasteiger partial charge is 0.243 e. The Kier molecular flexibility index (Phi) is 4.69. The molecular weight excluding hydrogens is 290 g/mol. The number of rotatable bonds is 4. The summed E-state index contributed by atoms with van der Waals surface area (Å²) >= 11 is 0. The Balaban J connectivity index is 2.25. The Labute approximate surface area is 116 Å². The zero-order valence-electron chi connectivity index (χ0n) is 11.0. The summed E-state index contributed by atoms with van der Waals surface area (Å²) in [5.41, 5.74) is 0. The third kappa shape index (κ3) is 3.32. The van der Waals surface area contributed by atoms with Crippen molar-refractivity contribution in [3.05, 3.63) is 29.8 Å². The molecule has 112 valence electrons. The van der Waals surface area contributed by atoms with Crippen LogP contribution in [0.1, 0.15) is 0 Å². The van der Waals surface area contributed by atoms with E-state index < -0.39 is 21.7 Å². The lowest BCUT2D eigenvalue weighted by molar-refractivity contribution is 0.000817. The molecule has 1 fully saturated rings. The maximum atomic E-state index is 13.2. The molecule has 1 heterocycles. The fraction of sp³-hybridized carbons (Fsp3) is 0.500. The molecule has 0 aromatic heterocycles. The molecule has 1 saturated heterocycles. The minimum atomic E-state index is -3.91. The van der Waals surface area contributed by atoms with Crippen molar-refractivity contribution in [3.63, 3.8) is 0 Å². The Morgan fingerprint density at radius 2 is 2.00 bits per heavy atom. The van der Waals surface area contributed by atoms with Crippen LogP contribution in [0, 0.1) is 11.6 Å². The predicted octanol–water partition coefficient (Wildman–Crippen LogP) is 0.574. The molecule has 0 saturated carbocycles. The van der Waals surface area contributed by atoms with Crippen LogP contribution in [0.4, 0.5) is 8.78 Å². The van der Waals surface area contributed by atoms with Crippen molar-refractivity contribution >= 4 is 10.0 Å². The molecule has 1 aliphatic heterocycles. The first-order valence-electron chi connectivity index (χ1n) is 6.16. The zero-order valence-corrected chi connectivity index (χ0v) is 11.8. The average molecular weight is 306 g/mol. The van der Waals surface area contributed by atoms with E-state index in [1.54, 1.807) is 7.05 Å². The van der Waals surface area contributed by atoms with Gasteiger partial charge >= 0.3 is 0 Å². The molecule has 1 atom stereocenters. The maximum absolute atomic E-state index is 13.2. The van der Waals surface area contributed by atoms with Crippen LogP contribution in [0.15, 0.2) is 23.1 Å². The van der Waals surface area contributed by atoms with Crippen LogP contribution in [0.3, 0.4) is 0 Å². The number of halogens is 2. The molecule has 20 heavy (non-hydrogen) atoms. The predicted molar refractivity (Wildman–Crippen MR) is 68.8 cm³/mol. The molecule has 1 aliphatic rings. The molecule has 1 unspecified atom stereocenters. The molecular formula is C12H16F2N2O3S. The summed E-state index contributed by atoms with van der Waals surface area (Å²) in [6, 6.07) is 2.28. The average Bonchev–Trinajstić information content (AvgIpc) is 2.38. The van der Waals surface area contributed by atoms with Gasteiger partial charge in [-0.2, -0.15) is 4.31 Å². The highest BCUT2D eigenvalue weighted by Gasteiger charge is 2.31. The van der Waals surface area contributed by atoms with Crippen molar-refractivity contribution in [2.24, 2.45) is 0 Å². The third-order valence-electron chi connectivity index (χ3n) is 3.01. The SMILES string of the molecule is CNCC1CN(S(=O)(=O)c2cc(F)cc(F)c2)CCO1. The summed E-state index contributed by atoms with van der Waals surface area (Å²) < 4.78 is 57.6. The lowest BCUT2D eigenvalue weighted by Gasteiger charge is -2.32. The van der Waals surface area contributed by atoms with Crippen molar-refractivity contribution in [3.8, 4) is 0 Å². The van der Waals surface area contributed by atoms with E-state index in [0.717, 1.165) is 12.1 Å². The van der Waals surface area contributed by atoms with Gasteiger partial charge in [0.05, 0.1) is 17.6 Å². The van der Waals surface area contributed by atoms with Gasteiger partial charge in [-0.05, 0) is 19.2 Å². The molecule has 1 N–H and O–H groups in total. The third-order valence-corrected chi connectivity index (χ3v) is 4.85. The van der Waals surface area contributed by atoms with Gasteiger partial charge in [0.15, 0.2) is 0 Å². The van der Waals surface area contributed by atoms with Gasteiger partial charge in [-0.25, -0.2) is 17.2 Å². The van der Waals surface area contributed by atoms with E-state index in [0.29, 0.717) is 12.6 Å². The van der Waals surface area contributed by atoms with Crippen LogP contribution in [-0.2, 0) is 14.8 Å². The van der Waals surface area contributed by atoms with Crippen molar-refractivity contribution in [2.45, 2.75) is 11.0 Å². The molecule has 0 radical (unpaired) electrons. The number of sulfonamides is 1. The molecule has 0 bridgehead atoms. The first kappa shape index (κ1) is 15.3. The molecule has 8 heteroatoms. The number of ether oxygens (including phenoxy) is 1. The lowest BCUT2D eigenvalue weighted by atomic mass is 10.3. The van der Waals surface area contributed by atoms with Crippen LogP contribution in [-0.4, -0.2) is 52.1 Å². The summed E-state index contributed by atoms with van der Waals surface area (Å²) in [4.78, 5) is -0.375. The van der Waals surface area contributed by atoms with Crippen molar-refractivity contribution in [2.75, 3.05) is 33.3 Å². The number of morpholine rings is 1. The molecule has 2 rings (SSSR count). The van der Waals surface area contributed by atoms with Gasteiger partial charge in [0.25, 0.3) is 0 Å². The maximum Gasteiger partial charge on any atom is 0.243 e. The number of hydrogen-bond acceptors (Lipinski definition) is 4. The number of nitrogens with zero attached hydrogens (tertiary/aromatic N) is 1. The van der Waals surface area contributed by atoms with Crippen LogP contribution >= 0.6 is 0 Å². The molecule has 0 spiro atoms. The summed E-state index contributed by atoms with van der Waals surface area (Å²) in [5.74, 6) is -1.83. The molecule has 5 nitrogen and oxygen atoms in total. The monoisotopic (exact) mass is 306 g/mol. The molecule has 0 amide bonds. The van der Waals surface area contributed by atoms with Gasteiger partial charge in [0.2, 0.25) is 10.0 Å². The minimum absolute atomic E-state index is 0.154. The lowest BCUT2D eigenvalue weighted by Crippen LogP contribution is -2.48. The molecule has 1 aromatic carbocycles. The fourth-order valence-electron chi connectivity index (χ4n) is 2.09. The van der Waals surface area contributed by atoms with E-state index in [-0.39, 0.29) is 30.7 Å². The number of benzene rings is 1. The van der Waals surface area contributed by atoms with E-state index in [2.05, 4.69) is 5.32 Å². The van der Waals surface area contributed by atoms with E-state index >= 15 is 0 Å². The Hall–Kier alpha value is -1.09. The fourth-order valence-corrected chi connectivity index (χ4v) is 3.59. The van der Waals surface area contributed by atoms with E-state index in [1.807, 2.05) is 0 Å². The van der Waals surface area contributed by atoms with Crippen LogP contribution in [0.25, 0.3) is 0 Å². The first-order chi connectivity index (χ1) is 9.43. The van der Waals surface area contributed by atoms with Gasteiger partial charge in [0.1, 0.15) is 11.6 Å². The molecule has 1 aromatic rings. The van der Waals surface area contributed by atoms with Gasteiger partial charge < -0.3 is 10.1 Å². The summed E-state index contributed by atoms with van der Waals surface area (Å²) in [5, 5.41) is 2.90. The van der Waals surface area contributed by atoms with Gasteiger partial charge in [-0.1, -0.05) is 0 Å². The van der Waals surface area contributed by atoms with Crippen molar-refractivity contribution in [1.82, 2.24) is 9.62 Å².